The summed E-state index contributed by atoms with van der Waals surface area (Å²) in [6, 6.07) is 5.66. The topological polar surface area (TPSA) is 70.8 Å². The number of carbonyl (C=O) groups excluding carboxylic acids is 1. The van der Waals surface area contributed by atoms with Crippen molar-refractivity contribution >= 4 is 5.97 Å². The molecule has 0 spiro atoms. The predicted octanol–water partition coefficient (Wildman–Crippen LogP) is 2.31. The van der Waals surface area contributed by atoms with Gasteiger partial charge in [0.15, 0.2) is 18.1 Å². The van der Waals surface area contributed by atoms with Crippen LogP contribution in [0.2, 0.25) is 0 Å². The zero-order chi connectivity index (χ0) is 15.7. The molecule has 1 unspecified atom stereocenters. The van der Waals surface area contributed by atoms with Crippen molar-refractivity contribution in [2.75, 3.05) is 20.3 Å². The summed E-state index contributed by atoms with van der Waals surface area (Å²) in [4.78, 5) is 11.5. The molecule has 5 nitrogen and oxygen atoms in total. The van der Waals surface area contributed by atoms with Crippen molar-refractivity contribution in [3.05, 3.63) is 23.8 Å². The maximum absolute atomic E-state index is 11.5. The highest BCUT2D eigenvalue weighted by Crippen LogP contribution is 2.28. The Morgan fingerprint density at radius 1 is 1.33 bits per heavy atom. The van der Waals surface area contributed by atoms with E-state index in [0.29, 0.717) is 18.1 Å². The number of ether oxygens (including phenoxy) is 3. The maximum Gasteiger partial charge on any atom is 0.344 e. The highest BCUT2D eigenvalue weighted by Gasteiger charge is 2.10. The lowest BCUT2D eigenvalue weighted by atomic mass is 10.1. The van der Waals surface area contributed by atoms with Gasteiger partial charge in [0.1, 0.15) is 0 Å². The molecule has 118 valence electrons. The van der Waals surface area contributed by atoms with E-state index < -0.39 is 0 Å². The van der Waals surface area contributed by atoms with Crippen LogP contribution in [0.4, 0.5) is 0 Å². The van der Waals surface area contributed by atoms with Crippen LogP contribution in [-0.4, -0.2) is 32.3 Å². The number of unbranched alkanes of at least 4 members (excludes halogenated alkanes) is 1. The lowest BCUT2D eigenvalue weighted by Gasteiger charge is -2.13. The fourth-order valence-corrected chi connectivity index (χ4v) is 1.84. The van der Waals surface area contributed by atoms with E-state index in [1.54, 1.807) is 7.11 Å². The third-order valence-electron chi connectivity index (χ3n) is 2.89. The van der Waals surface area contributed by atoms with Gasteiger partial charge < -0.3 is 19.9 Å². The molecule has 0 saturated heterocycles. The standard InChI is InChI=1S/C16H25NO4/c1-4-5-8-20-16(18)11-21-15-10-13(9-12(2)17)6-7-14(15)19-3/h6-7,10,12H,4-5,8-9,11,17H2,1-3H3. The first kappa shape index (κ1) is 17.3. The van der Waals surface area contributed by atoms with Gasteiger partial charge in [0, 0.05) is 6.04 Å². The molecular weight excluding hydrogens is 270 g/mol. The van der Waals surface area contributed by atoms with E-state index in [2.05, 4.69) is 0 Å². The fourth-order valence-electron chi connectivity index (χ4n) is 1.84. The van der Waals surface area contributed by atoms with Crippen LogP contribution in [0.15, 0.2) is 18.2 Å². The van der Waals surface area contributed by atoms with Crippen molar-refractivity contribution in [1.29, 1.82) is 0 Å². The van der Waals surface area contributed by atoms with E-state index in [4.69, 9.17) is 19.9 Å². The maximum atomic E-state index is 11.5. The molecule has 0 aromatic heterocycles. The second kappa shape index (κ2) is 9.23. The van der Waals surface area contributed by atoms with Gasteiger partial charge in [-0.3, -0.25) is 0 Å². The minimum Gasteiger partial charge on any atom is -0.493 e. The minimum atomic E-state index is -0.372. The average molecular weight is 295 g/mol. The highest BCUT2D eigenvalue weighted by molar-refractivity contribution is 5.71. The third kappa shape index (κ3) is 6.49. The average Bonchev–Trinajstić information content (AvgIpc) is 2.45. The van der Waals surface area contributed by atoms with Gasteiger partial charge in [-0.15, -0.1) is 0 Å². The van der Waals surface area contributed by atoms with Gasteiger partial charge in [0.2, 0.25) is 0 Å². The quantitative estimate of drug-likeness (QED) is 0.559. The first-order valence-corrected chi connectivity index (χ1v) is 7.27. The Balaban J connectivity index is 2.61. The van der Waals surface area contributed by atoms with Crippen LogP contribution in [0, 0.1) is 0 Å². The smallest absolute Gasteiger partial charge is 0.344 e. The molecule has 1 rings (SSSR count). The molecule has 0 aliphatic rings. The number of carbonyl (C=O) groups is 1. The van der Waals surface area contributed by atoms with Crippen LogP contribution in [0.5, 0.6) is 11.5 Å². The highest BCUT2D eigenvalue weighted by atomic mass is 16.6. The summed E-state index contributed by atoms with van der Waals surface area (Å²) in [6.07, 6.45) is 2.58. The summed E-state index contributed by atoms with van der Waals surface area (Å²) in [6.45, 7) is 4.29. The zero-order valence-corrected chi connectivity index (χ0v) is 13.1. The zero-order valence-electron chi connectivity index (χ0n) is 13.1. The number of benzene rings is 1. The van der Waals surface area contributed by atoms with Gasteiger partial charge in [0.05, 0.1) is 13.7 Å². The molecule has 0 heterocycles. The molecule has 0 bridgehead atoms. The second-order valence-electron chi connectivity index (χ2n) is 5.03. The SMILES string of the molecule is CCCCOC(=O)COc1cc(CC(C)N)ccc1OC. The number of hydrogen-bond acceptors (Lipinski definition) is 5. The molecule has 0 aliphatic heterocycles. The Morgan fingerprint density at radius 3 is 2.71 bits per heavy atom. The Labute approximate surface area is 126 Å². The van der Waals surface area contributed by atoms with E-state index >= 15 is 0 Å². The van der Waals surface area contributed by atoms with Crippen LogP contribution < -0.4 is 15.2 Å². The lowest BCUT2D eigenvalue weighted by Crippen LogP contribution is -2.18. The monoisotopic (exact) mass is 295 g/mol. The summed E-state index contributed by atoms with van der Waals surface area (Å²) in [5.41, 5.74) is 6.83. The van der Waals surface area contributed by atoms with Crippen LogP contribution in [0.25, 0.3) is 0 Å². The normalized spacial score (nSPS) is 11.8. The number of rotatable bonds is 9. The second-order valence-corrected chi connectivity index (χ2v) is 5.03. The molecule has 21 heavy (non-hydrogen) atoms. The van der Waals surface area contributed by atoms with Gasteiger partial charge in [-0.2, -0.15) is 0 Å². The Kier molecular flexibility index (Phi) is 7.61. The van der Waals surface area contributed by atoms with E-state index in [1.807, 2.05) is 32.0 Å². The summed E-state index contributed by atoms with van der Waals surface area (Å²) in [7, 11) is 1.56. The number of hydrogen-bond donors (Lipinski definition) is 1. The van der Waals surface area contributed by atoms with Crippen molar-refractivity contribution < 1.29 is 19.0 Å². The Hall–Kier alpha value is -1.75. The number of esters is 1. The molecule has 0 saturated carbocycles. The fraction of sp³-hybridized carbons (Fsp3) is 0.562. The Bertz CT molecular complexity index is 446. The number of nitrogens with two attached hydrogens (primary N) is 1. The van der Waals surface area contributed by atoms with Crippen molar-refractivity contribution in [2.24, 2.45) is 5.73 Å². The first-order valence-electron chi connectivity index (χ1n) is 7.27. The third-order valence-corrected chi connectivity index (χ3v) is 2.89. The van der Waals surface area contributed by atoms with E-state index in [9.17, 15) is 4.79 Å². The van der Waals surface area contributed by atoms with Gasteiger partial charge in [-0.25, -0.2) is 4.79 Å². The molecule has 1 atom stereocenters. The summed E-state index contributed by atoms with van der Waals surface area (Å²) >= 11 is 0. The van der Waals surface area contributed by atoms with Gasteiger partial charge in [-0.05, 0) is 37.5 Å². The largest absolute Gasteiger partial charge is 0.493 e. The molecular formula is C16H25NO4. The molecule has 1 aromatic rings. The van der Waals surface area contributed by atoms with Crippen molar-refractivity contribution in [1.82, 2.24) is 0 Å². The first-order chi connectivity index (χ1) is 10.1. The van der Waals surface area contributed by atoms with Crippen LogP contribution in [0.1, 0.15) is 32.3 Å². The summed E-state index contributed by atoms with van der Waals surface area (Å²) in [5.74, 6) is 0.746. The van der Waals surface area contributed by atoms with Crippen LogP contribution >= 0.6 is 0 Å². The van der Waals surface area contributed by atoms with Gasteiger partial charge in [-0.1, -0.05) is 19.4 Å². The minimum absolute atomic E-state index is 0.0604. The molecule has 0 amide bonds. The molecule has 5 heteroatoms. The van der Waals surface area contributed by atoms with Crippen molar-refractivity contribution in [3.63, 3.8) is 0 Å². The van der Waals surface area contributed by atoms with E-state index in [-0.39, 0.29) is 18.6 Å². The molecule has 2 N–H and O–H groups in total. The van der Waals surface area contributed by atoms with Gasteiger partial charge in [0.25, 0.3) is 0 Å². The predicted molar refractivity (Wildman–Crippen MR) is 81.7 cm³/mol. The van der Waals surface area contributed by atoms with Gasteiger partial charge >= 0.3 is 5.97 Å². The summed E-state index contributed by atoms with van der Waals surface area (Å²) < 4.78 is 15.8. The molecule has 0 radical (unpaired) electrons. The molecule has 0 fully saturated rings. The van der Waals surface area contributed by atoms with E-state index in [0.717, 1.165) is 24.8 Å². The van der Waals surface area contributed by atoms with Crippen LogP contribution in [0.3, 0.4) is 0 Å². The van der Waals surface area contributed by atoms with Crippen LogP contribution in [-0.2, 0) is 16.0 Å². The molecule has 1 aromatic carbocycles. The van der Waals surface area contributed by atoms with Crippen molar-refractivity contribution in [3.8, 4) is 11.5 Å². The lowest BCUT2D eigenvalue weighted by molar-refractivity contribution is -0.146. The number of methoxy groups -OCH3 is 1. The summed E-state index contributed by atoms with van der Waals surface area (Å²) in [5, 5.41) is 0. The van der Waals surface area contributed by atoms with Crippen molar-refractivity contribution in [2.45, 2.75) is 39.2 Å². The van der Waals surface area contributed by atoms with E-state index in [1.165, 1.54) is 0 Å². The molecule has 0 aliphatic carbocycles. The Morgan fingerprint density at radius 2 is 2.10 bits per heavy atom.